The molecule has 18 heavy (non-hydrogen) atoms. The molecule has 0 rings (SSSR count). The minimum Gasteiger partial charge on any atom is -0.325 e. The van der Waals surface area contributed by atoms with Crippen LogP contribution in [0, 0.1) is 0 Å². The quantitative estimate of drug-likeness (QED) is 0.562. The van der Waals surface area contributed by atoms with Crippen molar-refractivity contribution < 1.29 is 0 Å². The maximum Gasteiger partial charge on any atom is 0.0152 e. The van der Waals surface area contributed by atoms with E-state index in [4.69, 9.17) is 5.73 Å². The fourth-order valence-corrected chi connectivity index (χ4v) is 1.98. The zero-order valence-corrected chi connectivity index (χ0v) is 12.8. The lowest BCUT2D eigenvalue weighted by Gasteiger charge is -2.26. The molecule has 0 saturated carbocycles. The Morgan fingerprint density at radius 2 is 1.72 bits per heavy atom. The molecule has 0 unspecified atom stereocenters. The Balaban J connectivity index is 4.48. The molecule has 1 nitrogen and oxygen atoms in total. The van der Waals surface area contributed by atoms with Crippen molar-refractivity contribution in [3.8, 4) is 0 Å². The van der Waals surface area contributed by atoms with E-state index in [1.807, 2.05) is 6.08 Å². The summed E-state index contributed by atoms with van der Waals surface area (Å²) in [6.45, 7) is 12.6. The third-order valence-electron chi connectivity index (χ3n) is 3.81. The summed E-state index contributed by atoms with van der Waals surface area (Å²) >= 11 is 0. The Morgan fingerprint density at radius 3 is 2.17 bits per heavy atom. The van der Waals surface area contributed by atoms with E-state index in [9.17, 15) is 0 Å². The highest BCUT2D eigenvalue weighted by Gasteiger charge is 2.19. The molecule has 0 aromatic rings. The van der Waals surface area contributed by atoms with E-state index in [-0.39, 0.29) is 5.54 Å². The Bertz CT molecular complexity index is 293. The first kappa shape index (κ1) is 17.2. The van der Waals surface area contributed by atoms with E-state index in [0.717, 1.165) is 25.7 Å². The molecule has 0 bridgehead atoms. The highest BCUT2D eigenvalue weighted by molar-refractivity contribution is 5.24. The topological polar surface area (TPSA) is 26.0 Å². The van der Waals surface area contributed by atoms with E-state index in [0.29, 0.717) is 0 Å². The highest BCUT2D eigenvalue weighted by Crippen LogP contribution is 2.21. The van der Waals surface area contributed by atoms with Crippen molar-refractivity contribution in [1.82, 2.24) is 0 Å². The molecule has 104 valence electrons. The molecule has 0 radical (unpaired) electrons. The van der Waals surface area contributed by atoms with Crippen LogP contribution in [-0.2, 0) is 0 Å². The molecule has 1 heteroatoms. The van der Waals surface area contributed by atoms with E-state index in [1.54, 1.807) is 0 Å². The van der Waals surface area contributed by atoms with Crippen LogP contribution in [0.25, 0.3) is 0 Å². The van der Waals surface area contributed by atoms with Gasteiger partial charge in [0.1, 0.15) is 0 Å². The number of hydrogen-bond acceptors (Lipinski definition) is 1. The van der Waals surface area contributed by atoms with E-state index >= 15 is 0 Å². The van der Waals surface area contributed by atoms with Gasteiger partial charge < -0.3 is 5.73 Å². The third kappa shape index (κ3) is 6.80. The SMILES string of the molecule is C=C/C(=C\C=C(/C)CCC)CCC(N)(CC)CC. The molecule has 0 aliphatic rings. The normalized spacial score (nSPS) is 13.8. The van der Waals surface area contributed by atoms with E-state index in [2.05, 4.69) is 46.4 Å². The largest absolute Gasteiger partial charge is 0.325 e. The first-order chi connectivity index (χ1) is 8.51. The van der Waals surface area contributed by atoms with Crippen LogP contribution in [0.15, 0.2) is 36.0 Å². The molecule has 0 aliphatic carbocycles. The zero-order chi connectivity index (χ0) is 14.0. The second-order valence-corrected chi connectivity index (χ2v) is 5.28. The van der Waals surface area contributed by atoms with Gasteiger partial charge in [-0.2, -0.15) is 0 Å². The summed E-state index contributed by atoms with van der Waals surface area (Å²) in [7, 11) is 0. The summed E-state index contributed by atoms with van der Waals surface area (Å²) in [5.74, 6) is 0. The molecule has 0 amide bonds. The lowest BCUT2D eigenvalue weighted by atomic mass is 9.87. The maximum atomic E-state index is 6.33. The van der Waals surface area contributed by atoms with Crippen molar-refractivity contribution in [3.63, 3.8) is 0 Å². The molecule has 0 spiro atoms. The van der Waals surface area contributed by atoms with Crippen molar-refractivity contribution in [2.24, 2.45) is 5.73 Å². The van der Waals surface area contributed by atoms with Gasteiger partial charge in [0.2, 0.25) is 0 Å². The van der Waals surface area contributed by atoms with E-state index in [1.165, 1.54) is 24.0 Å². The summed E-state index contributed by atoms with van der Waals surface area (Å²) < 4.78 is 0. The summed E-state index contributed by atoms with van der Waals surface area (Å²) in [4.78, 5) is 0. The van der Waals surface area contributed by atoms with Gasteiger partial charge in [-0.15, -0.1) is 0 Å². The average Bonchev–Trinajstić information content (AvgIpc) is 2.39. The summed E-state index contributed by atoms with van der Waals surface area (Å²) in [5, 5.41) is 0. The Hall–Kier alpha value is -0.820. The minimum atomic E-state index is -0.00965. The lowest BCUT2D eigenvalue weighted by molar-refractivity contribution is 0.368. The van der Waals surface area contributed by atoms with Gasteiger partial charge in [0, 0.05) is 5.54 Å². The fourth-order valence-electron chi connectivity index (χ4n) is 1.98. The molecule has 0 atom stereocenters. The molecule has 2 N–H and O–H groups in total. The number of allylic oxidation sites excluding steroid dienone is 5. The molecule has 0 saturated heterocycles. The van der Waals surface area contributed by atoms with Gasteiger partial charge in [-0.25, -0.2) is 0 Å². The van der Waals surface area contributed by atoms with Gasteiger partial charge in [0.25, 0.3) is 0 Å². The lowest BCUT2D eigenvalue weighted by Crippen LogP contribution is -2.38. The zero-order valence-electron chi connectivity index (χ0n) is 12.8. The molecule has 0 fully saturated rings. The predicted molar refractivity (Wildman–Crippen MR) is 83.7 cm³/mol. The second kappa shape index (κ2) is 9.16. The van der Waals surface area contributed by atoms with Crippen LogP contribution in [0.5, 0.6) is 0 Å². The fraction of sp³-hybridized carbons (Fsp3) is 0.647. The predicted octanol–water partition coefficient (Wildman–Crippen LogP) is 5.14. The van der Waals surface area contributed by atoms with Gasteiger partial charge in [-0.3, -0.25) is 0 Å². The molecule has 0 aliphatic heterocycles. The van der Waals surface area contributed by atoms with Crippen LogP contribution in [-0.4, -0.2) is 5.54 Å². The average molecular weight is 249 g/mol. The van der Waals surface area contributed by atoms with Crippen molar-refractivity contribution in [2.75, 3.05) is 0 Å². The second-order valence-electron chi connectivity index (χ2n) is 5.28. The third-order valence-corrected chi connectivity index (χ3v) is 3.81. The van der Waals surface area contributed by atoms with Crippen LogP contribution < -0.4 is 5.73 Å². The van der Waals surface area contributed by atoms with Crippen molar-refractivity contribution in [3.05, 3.63) is 36.0 Å². The van der Waals surface area contributed by atoms with Crippen molar-refractivity contribution in [1.29, 1.82) is 0 Å². The summed E-state index contributed by atoms with van der Waals surface area (Å²) in [5.41, 5.74) is 9.04. The van der Waals surface area contributed by atoms with Crippen molar-refractivity contribution in [2.45, 2.75) is 71.8 Å². The van der Waals surface area contributed by atoms with Gasteiger partial charge in [0.15, 0.2) is 0 Å². The van der Waals surface area contributed by atoms with Crippen LogP contribution >= 0.6 is 0 Å². The van der Waals surface area contributed by atoms with Gasteiger partial charge in [0.05, 0.1) is 0 Å². The molecule has 0 heterocycles. The van der Waals surface area contributed by atoms with Crippen LogP contribution in [0.3, 0.4) is 0 Å². The number of hydrogen-bond donors (Lipinski definition) is 1. The molecule has 0 aromatic carbocycles. The van der Waals surface area contributed by atoms with Crippen LogP contribution in [0.1, 0.15) is 66.2 Å². The minimum absolute atomic E-state index is 0.00965. The number of nitrogens with two attached hydrogens (primary N) is 1. The monoisotopic (exact) mass is 249 g/mol. The first-order valence-electron chi connectivity index (χ1n) is 7.29. The van der Waals surface area contributed by atoms with E-state index < -0.39 is 0 Å². The van der Waals surface area contributed by atoms with Crippen LogP contribution in [0.4, 0.5) is 0 Å². The van der Waals surface area contributed by atoms with Gasteiger partial charge in [-0.1, -0.05) is 57.6 Å². The Labute approximate surface area is 114 Å². The first-order valence-corrected chi connectivity index (χ1v) is 7.29. The maximum absolute atomic E-state index is 6.33. The van der Waals surface area contributed by atoms with Crippen molar-refractivity contribution >= 4 is 0 Å². The standard InChI is InChI=1S/C17H31N/c1-6-10-15(5)11-12-16(7-2)13-14-17(18,8-3)9-4/h7,11-12H,2,6,8-10,13-14,18H2,1,3-5H3/b15-11+,16-12+. The van der Waals surface area contributed by atoms with Crippen LogP contribution in [0.2, 0.25) is 0 Å². The molecular formula is C17H31N. The van der Waals surface area contributed by atoms with Gasteiger partial charge >= 0.3 is 0 Å². The number of rotatable bonds is 9. The highest BCUT2D eigenvalue weighted by atomic mass is 14.7. The summed E-state index contributed by atoms with van der Waals surface area (Å²) in [6, 6.07) is 0. The summed E-state index contributed by atoms with van der Waals surface area (Å²) in [6.07, 6.45) is 12.9. The smallest absolute Gasteiger partial charge is 0.0152 e. The molecular weight excluding hydrogens is 218 g/mol. The Morgan fingerprint density at radius 1 is 1.11 bits per heavy atom. The molecule has 0 aromatic heterocycles. The Kier molecular flexibility index (Phi) is 8.74. The van der Waals surface area contributed by atoms with Gasteiger partial charge in [-0.05, 0) is 44.6 Å².